The van der Waals surface area contributed by atoms with Crippen LogP contribution in [0.3, 0.4) is 0 Å². The van der Waals surface area contributed by atoms with Gasteiger partial charge in [-0.15, -0.1) is 0 Å². The molecule has 0 aliphatic heterocycles. The highest BCUT2D eigenvalue weighted by molar-refractivity contribution is 5.56. The first kappa shape index (κ1) is 13.2. The summed E-state index contributed by atoms with van der Waals surface area (Å²) in [7, 11) is 0. The van der Waals surface area contributed by atoms with E-state index in [0.29, 0.717) is 13.0 Å². The highest BCUT2D eigenvalue weighted by Gasteiger charge is 2.13. The summed E-state index contributed by atoms with van der Waals surface area (Å²) < 4.78 is 4.44. The van der Waals surface area contributed by atoms with Crippen LogP contribution in [0.2, 0.25) is 0 Å². The van der Waals surface area contributed by atoms with Crippen LogP contribution in [0, 0.1) is 0 Å². The van der Waals surface area contributed by atoms with Crippen LogP contribution in [0.1, 0.15) is 39.5 Å². The maximum Gasteiger partial charge on any atom is 0.508 e. The Bertz CT molecular complexity index is 148. The first-order valence-corrected chi connectivity index (χ1v) is 4.88. The third kappa shape index (κ3) is 7.82. The van der Waals surface area contributed by atoms with Crippen molar-refractivity contribution in [1.82, 2.24) is 0 Å². The van der Waals surface area contributed by atoms with Crippen LogP contribution in [0.15, 0.2) is 0 Å². The molecule has 0 fully saturated rings. The van der Waals surface area contributed by atoms with Crippen molar-refractivity contribution >= 4 is 6.16 Å². The molecule has 0 saturated carbocycles. The summed E-state index contributed by atoms with van der Waals surface area (Å²) in [5.74, 6) is 0. The summed E-state index contributed by atoms with van der Waals surface area (Å²) in [6, 6.07) is 0. The fourth-order valence-corrected chi connectivity index (χ4v) is 0.802. The Morgan fingerprint density at radius 1 is 1.36 bits per heavy atom. The lowest BCUT2D eigenvalue weighted by molar-refractivity contribution is -0.370. The van der Waals surface area contributed by atoms with E-state index in [2.05, 4.69) is 4.74 Å². The van der Waals surface area contributed by atoms with Crippen molar-refractivity contribution in [3.8, 4) is 0 Å². The summed E-state index contributed by atoms with van der Waals surface area (Å²) in [5.41, 5.74) is 0. The molecule has 0 aromatic rings. The summed E-state index contributed by atoms with van der Waals surface area (Å²) in [6.07, 6.45) is 0.998. The van der Waals surface area contributed by atoms with E-state index in [0.717, 1.165) is 19.3 Å². The molecule has 0 radical (unpaired) electrons. The van der Waals surface area contributed by atoms with Gasteiger partial charge in [-0.1, -0.05) is 26.7 Å². The van der Waals surface area contributed by atoms with Crippen molar-refractivity contribution in [2.45, 2.75) is 45.8 Å². The van der Waals surface area contributed by atoms with E-state index in [-0.39, 0.29) is 0 Å². The van der Waals surface area contributed by atoms with Crippen LogP contribution in [0.4, 0.5) is 4.79 Å². The predicted molar refractivity (Wildman–Crippen MR) is 49.8 cm³/mol. The van der Waals surface area contributed by atoms with Gasteiger partial charge in [-0.3, -0.25) is 0 Å². The topological polar surface area (TPSA) is 65.0 Å². The normalized spacial score (nSPS) is 12.4. The van der Waals surface area contributed by atoms with Crippen molar-refractivity contribution in [2.75, 3.05) is 6.61 Å². The van der Waals surface area contributed by atoms with Crippen molar-refractivity contribution < 1.29 is 24.4 Å². The van der Waals surface area contributed by atoms with Crippen molar-refractivity contribution in [3.63, 3.8) is 0 Å². The van der Waals surface area contributed by atoms with Crippen molar-refractivity contribution in [1.29, 1.82) is 0 Å². The van der Waals surface area contributed by atoms with Gasteiger partial charge in [0.25, 0.3) is 0 Å². The molecular formula is C9H18O5. The number of carboxylic acid groups (broad SMARTS) is 1. The van der Waals surface area contributed by atoms with Gasteiger partial charge in [0.2, 0.25) is 6.29 Å². The lowest BCUT2D eigenvalue weighted by Gasteiger charge is -2.14. The van der Waals surface area contributed by atoms with Crippen LogP contribution in [-0.2, 0) is 14.5 Å². The summed E-state index contributed by atoms with van der Waals surface area (Å²) >= 11 is 0. The molecule has 1 N–H and O–H groups in total. The van der Waals surface area contributed by atoms with Crippen LogP contribution in [0.25, 0.3) is 0 Å². The number of hydrogen-bond donors (Lipinski definition) is 1. The average molecular weight is 206 g/mol. The number of rotatable bonds is 8. The third-order valence-corrected chi connectivity index (χ3v) is 1.51. The van der Waals surface area contributed by atoms with E-state index in [9.17, 15) is 4.79 Å². The number of carbonyl (C=O) groups is 1. The first-order valence-electron chi connectivity index (χ1n) is 4.88. The van der Waals surface area contributed by atoms with E-state index in [1.165, 1.54) is 0 Å². The fourth-order valence-electron chi connectivity index (χ4n) is 0.802. The van der Waals surface area contributed by atoms with Gasteiger partial charge < -0.3 is 9.84 Å². The molecular weight excluding hydrogens is 188 g/mol. The van der Waals surface area contributed by atoms with E-state index in [1.54, 1.807) is 0 Å². The zero-order chi connectivity index (χ0) is 10.8. The molecule has 0 aromatic heterocycles. The number of unbranched alkanes of at least 4 members (excludes halogenated alkanes) is 1. The van der Waals surface area contributed by atoms with Gasteiger partial charge in [-0.25, -0.2) is 9.68 Å². The predicted octanol–water partition coefficient (Wildman–Crippen LogP) is 2.56. The summed E-state index contributed by atoms with van der Waals surface area (Å²) in [5, 5.41) is 8.36. The molecule has 1 unspecified atom stereocenters. The molecule has 1 atom stereocenters. The molecule has 0 rings (SSSR count). The molecule has 5 heteroatoms. The van der Waals surface area contributed by atoms with Gasteiger partial charge in [-0.05, 0) is 6.42 Å². The standard InChI is InChI=1S/C9H18O5/c1-3-5-7-12-14-8(6-4-2)13-9(10)11/h8H,3-7H2,1-2H3,(H,10,11). The second-order valence-electron chi connectivity index (χ2n) is 2.87. The zero-order valence-corrected chi connectivity index (χ0v) is 8.69. The quantitative estimate of drug-likeness (QED) is 0.217. The Balaban J connectivity index is 3.56. The molecule has 0 bridgehead atoms. The van der Waals surface area contributed by atoms with Gasteiger partial charge in [0.05, 0.1) is 6.61 Å². The molecule has 0 aliphatic carbocycles. The monoisotopic (exact) mass is 206 g/mol. The molecule has 0 heterocycles. The molecule has 0 spiro atoms. The first-order chi connectivity index (χ1) is 6.70. The second kappa shape index (κ2) is 8.77. The Morgan fingerprint density at radius 2 is 2.07 bits per heavy atom. The van der Waals surface area contributed by atoms with Gasteiger partial charge in [0.15, 0.2) is 0 Å². The van der Waals surface area contributed by atoms with E-state index >= 15 is 0 Å². The molecule has 0 amide bonds. The van der Waals surface area contributed by atoms with Crippen LogP contribution >= 0.6 is 0 Å². The minimum atomic E-state index is -1.34. The Morgan fingerprint density at radius 3 is 2.57 bits per heavy atom. The lowest BCUT2D eigenvalue weighted by atomic mass is 10.3. The molecule has 0 aromatic carbocycles. The van der Waals surface area contributed by atoms with Crippen LogP contribution in [0.5, 0.6) is 0 Å². The minimum absolute atomic E-state index is 0.458. The van der Waals surface area contributed by atoms with E-state index in [1.807, 2.05) is 13.8 Å². The van der Waals surface area contributed by atoms with Crippen LogP contribution < -0.4 is 0 Å². The third-order valence-electron chi connectivity index (χ3n) is 1.51. The fraction of sp³-hybridized carbons (Fsp3) is 0.889. The molecule has 0 aliphatic rings. The molecule has 14 heavy (non-hydrogen) atoms. The molecule has 0 saturated heterocycles. The zero-order valence-electron chi connectivity index (χ0n) is 8.69. The Kier molecular flexibility index (Phi) is 8.27. The highest BCUT2D eigenvalue weighted by Crippen LogP contribution is 2.05. The number of hydrogen-bond acceptors (Lipinski definition) is 4. The highest BCUT2D eigenvalue weighted by atomic mass is 17.2. The Hall–Kier alpha value is -0.810. The summed E-state index contributed by atoms with van der Waals surface area (Å²) in [6.45, 7) is 4.40. The lowest BCUT2D eigenvalue weighted by Crippen LogP contribution is -2.20. The SMILES string of the molecule is CCCCOOC(CCC)OC(=O)O. The Labute approximate surface area is 83.9 Å². The average Bonchev–Trinajstić information content (AvgIpc) is 2.12. The minimum Gasteiger partial charge on any atom is -0.450 e. The smallest absolute Gasteiger partial charge is 0.450 e. The van der Waals surface area contributed by atoms with Crippen molar-refractivity contribution in [2.24, 2.45) is 0 Å². The maximum atomic E-state index is 10.2. The summed E-state index contributed by atoms with van der Waals surface area (Å²) in [4.78, 5) is 19.8. The second-order valence-corrected chi connectivity index (χ2v) is 2.87. The largest absolute Gasteiger partial charge is 0.508 e. The molecule has 84 valence electrons. The molecule has 5 nitrogen and oxygen atoms in total. The van der Waals surface area contributed by atoms with Gasteiger partial charge in [-0.2, -0.15) is 4.89 Å². The van der Waals surface area contributed by atoms with Gasteiger partial charge in [0.1, 0.15) is 0 Å². The van der Waals surface area contributed by atoms with Gasteiger partial charge in [0, 0.05) is 6.42 Å². The van der Waals surface area contributed by atoms with Gasteiger partial charge >= 0.3 is 6.16 Å². The number of ether oxygens (including phenoxy) is 1. The van der Waals surface area contributed by atoms with Crippen molar-refractivity contribution in [3.05, 3.63) is 0 Å². The van der Waals surface area contributed by atoms with E-state index < -0.39 is 12.4 Å². The van der Waals surface area contributed by atoms with Crippen LogP contribution in [-0.4, -0.2) is 24.2 Å². The van der Waals surface area contributed by atoms with E-state index in [4.69, 9.17) is 14.9 Å². The maximum absolute atomic E-state index is 10.2.